The Morgan fingerprint density at radius 2 is 1.86 bits per heavy atom. The second kappa shape index (κ2) is 5.32. The summed E-state index contributed by atoms with van der Waals surface area (Å²) < 4.78 is 0. The Balaban J connectivity index is 2.31. The highest BCUT2D eigenvalue weighted by Crippen LogP contribution is 2.07. The first kappa shape index (κ1) is 11.5. The number of carbonyl (C=O) groups is 1. The maximum Gasteiger partial charge on any atom is 0.238 e. The number of amides is 1. The molecule has 2 unspecified atom stereocenters. The first-order chi connectivity index (χ1) is 6.61. The molecule has 4 nitrogen and oxygen atoms in total. The van der Waals surface area contributed by atoms with E-state index in [-0.39, 0.29) is 17.9 Å². The van der Waals surface area contributed by atoms with E-state index >= 15 is 0 Å². The molecule has 14 heavy (non-hydrogen) atoms. The molecule has 3 N–H and O–H groups in total. The van der Waals surface area contributed by atoms with Crippen LogP contribution in [0.5, 0.6) is 0 Å². The van der Waals surface area contributed by atoms with Crippen molar-refractivity contribution in [2.45, 2.75) is 39.2 Å². The van der Waals surface area contributed by atoms with Crippen LogP contribution in [0.15, 0.2) is 0 Å². The summed E-state index contributed by atoms with van der Waals surface area (Å²) in [5, 5.41) is 2.00. The van der Waals surface area contributed by atoms with Gasteiger partial charge in [0.2, 0.25) is 5.91 Å². The van der Waals surface area contributed by atoms with Crippen molar-refractivity contribution in [3.63, 3.8) is 0 Å². The van der Waals surface area contributed by atoms with Crippen molar-refractivity contribution in [1.29, 1.82) is 0 Å². The van der Waals surface area contributed by atoms with Gasteiger partial charge in [0, 0.05) is 19.1 Å². The lowest BCUT2D eigenvalue weighted by molar-refractivity contribution is -0.130. The van der Waals surface area contributed by atoms with E-state index < -0.39 is 0 Å². The van der Waals surface area contributed by atoms with Crippen molar-refractivity contribution >= 4 is 5.91 Å². The standard InChI is InChI=1S/C10H21N3O/c1-8(9(2)11)10(14)12-13-6-4-3-5-7-13/h8-9H,3-7,11H2,1-2H3,(H,12,14). The zero-order valence-electron chi connectivity index (χ0n) is 9.12. The first-order valence-corrected chi connectivity index (χ1v) is 5.42. The molecular formula is C10H21N3O. The average molecular weight is 199 g/mol. The van der Waals surface area contributed by atoms with E-state index in [0.29, 0.717) is 0 Å². The van der Waals surface area contributed by atoms with Crippen LogP contribution in [0.25, 0.3) is 0 Å². The lowest BCUT2D eigenvalue weighted by atomic mass is 10.0. The van der Waals surface area contributed by atoms with Gasteiger partial charge in [-0.3, -0.25) is 10.2 Å². The molecule has 1 fully saturated rings. The Hall–Kier alpha value is -0.610. The van der Waals surface area contributed by atoms with Crippen LogP contribution in [0.3, 0.4) is 0 Å². The lowest BCUT2D eigenvalue weighted by Crippen LogP contribution is -2.49. The van der Waals surface area contributed by atoms with E-state index in [1.165, 1.54) is 19.3 Å². The second-order valence-electron chi connectivity index (χ2n) is 4.17. The Labute approximate surface area is 85.8 Å². The minimum absolute atomic E-state index is 0.0434. The fourth-order valence-corrected chi connectivity index (χ4v) is 1.50. The molecule has 0 saturated carbocycles. The largest absolute Gasteiger partial charge is 0.327 e. The van der Waals surface area contributed by atoms with Crippen LogP contribution in [0, 0.1) is 5.92 Å². The van der Waals surface area contributed by atoms with Crippen molar-refractivity contribution in [2.24, 2.45) is 11.7 Å². The summed E-state index contributed by atoms with van der Waals surface area (Å²) >= 11 is 0. The van der Waals surface area contributed by atoms with Crippen molar-refractivity contribution < 1.29 is 4.79 Å². The number of hydrogen-bond acceptors (Lipinski definition) is 3. The Kier molecular flexibility index (Phi) is 4.35. The number of nitrogens with two attached hydrogens (primary N) is 1. The van der Waals surface area contributed by atoms with Gasteiger partial charge in [-0.2, -0.15) is 0 Å². The Morgan fingerprint density at radius 1 is 1.29 bits per heavy atom. The van der Waals surface area contributed by atoms with E-state index in [0.717, 1.165) is 13.1 Å². The van der Waals surface area contributed by atoms with Gasteiger partial charge in [0.1, 0.15) is 0 Å². The molecule has 1 aliphatic rings. The van der Waals surface area contributed by atoms with Crippen molar-refractivity contribution in [2.75, 3.05) is 13.1 Å². The summed E-state index contributed by atoms with van der Waals surface area (Å²) in [5.74, 6) is -0.0705. The van der Waals surface area contributed by atoms with Crippen LogP contribution >= 0.6 is 0 Å². The second-order valence-corrected chi connectivity index (χ2v) is 4.17. The van der Waals surface area contributed by atoms with Gasteiger partial charge < -0.3 is 5.73 Å². The number of nitrogens with zero attached hydrogens (tertiary/aromatic N) is 1. The lowest BCUT2D eigenvalue weighted by Gasteiger charge is -2.28. The molecule has 0 radical (unpaired) electrons. The third kappa shape index (κ3) is 3.27. The molecule has 0 aromatic heterocycles. The SMILES string of the molecule is CC(N)C(C)C(=O)NN1CCCCC1. The first-order valence-electron chi connectivity index (χ1n) is 5.42. The molecule has 0 aromatic carbocycles. The van der Waals surface area contributed by atoms with Gasteiger partial charge in [0.15, 0.2) is 0 Å². The molecular weight excluding hydrogens is 178 g/mol. The van der Waals surface area contributed by atoms with Crippen molar-refractivity contribution in [1.82, 2.24) is 10.4 Å². The molecule has 82 valence electrons. The van der Waals surface area contributed by atoms with Gasteiger partial charge in [-0.25, -0.2) is 5.01 Å². The molecule has 1 amide bonds. The quantitative estimate of drug-likeness (QED) is 0.695. The minimum Gasteiger partial charge on any atom is -0.327 e. The number of rotatable bonds is 3. The average Bonchev–Trinajstić information content (AvgIpc) is 2.18. The number of nitrogens with one attached hydrogen (secondary N) is 1. The summed E-state index contributed by atoms with van der Waals surface area (Å²) in [5.41, 5.74) is 8.58. The van der Waals surface area contributed by atoms with E-state index in [9.17, 15) is 4.79 Å². The van der Waals surface area contributed by atoms with Crippen LogP contribution in [-0.4, -0.2) is 30.0 Å². The summed E-state index contributed by atoms with van der Waals surface area (Å²) in [7, 11) is 0. The molecule has 1 heterocycles. The van der Waals surface area contributed by atoms with Crippen molar-refractivity contribution in [3.05, 3.63) is 0 Å². The number of hydrogen-bond donors (Lipinski definition) is 2. The third-order valence-electron chi connectivity index (χ3n) is 2.83. The van der Waals surface area contributed by atoms with E-state index in [2.05, 4.69) is 5.43 Å². The molecule has 1 aliphatic heterocycles. The maximum atomic E-state index is 11.6. The summed E-state index contributed by atoms with van der Waals surface area (Å²) in [4.78, 5) is 11.6. The molecule has 0 aliphatic carbocycles. The molecule has 4 heteroatoms. The predicted octanol–water partition coefficient (Wildman–Crippen LogP) is 0.487. The number of carbonyl (C=O) groups excluding carboxylic acids is 1. The molecule has 0 bridgehead atoms. The molecule has 0 spiro atoms. The molecule has 2 atom stereocenters. The smallest absolute Gasteiger partial charge is 0.238 e. The van der Waals surface area contributed by atoms with Gasteiger partial charge in [-0.05, 0) is 19.8 Å². The number of piperidine rings is 1. The third-order valence-corrected chi connectivity index (χ3v) is 2.83. The fourth-order valence-electron chi connectivity index (χ4n) is 1.50. The van der Waals surface area contributed by atoms with Gasteiger partial charge in [0.25, 0.3) is 0 Å². The van der Waals surface area contributed by atoms with Crippen molar-refractivity contribution in [3.8, 4) is 0 Å². The summed E-state index contributed by atoms with van der Waals surface area (Å²) in [6.07, 6.45) is 3.62. The van der Waals surface area contributed by atoms with Crippen LogP contribution in [0.2, 0.25) is 0 Å². The van der Waals surface area contributed by atoms with E-state index in [1.54, 1.807) is 0 Å². The Morgan fingerprint density at radius 3 is 2.36 bits per heavy atom. The maximum absolute atomic E-state index is 11.6. The van der Waals surface area contributed by atoms with Crippen LogP contribution in [0.4, 0.5) is 0 Å². The Bertz CT molecular complexity index is 188. The van der Waals surface area contributed by atoms with Gasteiger partial charge in [-0.1, -0.05) is 13.3 Å². The minimum atomic E-state index is -0.114. The van der Waals surface area contributed by atoms with Gasteiger partial charge in [0.05, 0.1) is 5.92 Å². The van der Waals surface area contributed by atoms with Crippen LogP contribution in [-0.2, 0) is 4.79 Å². The zero-order chi connectivity index (χ0) is 10.6. The zero-order valence-corrected chi connectivity index (χ0v) is 9.12. The summed E-state index contributed by atoms with van der Waals surface area (Å²) in [6, 6.07) is -0.0835. The van der Waals surface area contributed by atoms with E-state index in [4.69, 9.17) is 5.73 Å². The molecule has 1 rings (SSSR count). The van der Waals surface area contributed by atoms with Gasteiger partial charge >= 0.3 is 0 Å². The topological polar surface area (TPSA) is 58.4 Å². The molecule has 1 saturated heterocycles. The summed E-state index contributed by atoms with van der Waals surface area (Å²) in [6.45, 7) is 5.67. The highest BCUT2D eigenvalue weighted by molar-refractivity contribution is 5.78. The normalized spacial score (nSPS) is 22.8. The van der Waals surface area contributed by atoms with Crippen LogP contribution < -0.4 is 11.2 Å². The highest BCUT2D eigenvalue weighted by Gasteiger charge is 2.20. The van der Waals surface area contributed by atoms with E-state index in [1.807, 2.05) is 18.9 Å². The fraction of sp³-hybridized carbons (Fsp3) is 0.900. The highest BCUT2D eigenvalue weighted by atomic mass is 16.2. The number of hydrazine groups is 1. The van der Waals surface area contributed by atoms with Gasteiger partial charge in [-0.15, -0.1) is 0 Å². The van der Waals surface area contributed by atoms with Crippen LogP contribution in [0.1, 0.15) is 33.1 Å². The monoisotopic (exact) mass is 199 g/mol. The predicted molar refractivity (Wildman–Crippen MR) is 56.4 cm³/mol. The molecule has 0 aromatic rings.